The molecular formula is C8H14O2. The predicted octanol–water partition coefficient (Wildman–Crippen LogP) is 1.91. The summed E-state index contributed by atoms with van der Waals surface area (Å²) in [4.78, 5) is 10.7. The standard InChI is InChI=1S/C8H14O2/c1-4-8(9)6-7(3)10-5-2/h6H,4-5H2,1-3H3/b7-6+. The highest BCUT2D eigenvalue weighted by atomic mass is 16.5. The molecule has 0 spiro atoms. The zero-order chi connectivity index (χ0) is 7.98. The van der Waals surface area contributed by atoms with E-state index in [0.717, 1.165) is 0 Å². The van der Waals surface area contributed by atoms with Gasteiger partial charge in [-0.25, -0.2) is 0 Å². The molecule has 58 valence electrons. The summed E-state index contributed by atoms with van der Waals surface area (Å²) in [6.07, 6.45) is 2.08. The van der Waals surface area contributed by atoms with Crippen LogP contribution in [0.3, 0.4) is 0 Å². The third kappa shape index (κ3) is 4.13. The smallest absolute Gasteiger partial charge is 0.158 e. The lowest BCUT2D eigenvalue weighted by molar-refractivity contribution is -0.114. The molecule has 0 aromatic rings. The normalized spacial score (nSPS) is 11.3. The minimum absolute atomic E-state index is 0.117. The SMILES string of the molecule is CCO/C(C)=C/C(=O)CC. The van der Waals surface area contributed by atoms with Crippen molar-refractivity contribution in [3.05, 3.63) is 11.8 Å². The molecule has 0 heterocycles. The van der Waals surface area contributed by atoms with E-state index in [4.69, 9.17) is 4.74 Å². The van der Waals surface area contributed by atoms with Gasteiger partial charge in [0.25, 0.3) is 0 Å². The van der Waals surface area contributed by atoms with Gasteiger partial charge in [-0.15, -0.1) is 0 Å². The highest BCUT2D eigenvalue weighted by molar-refractivity contribution is 5.89. The monoisotopic (exact) mass is 142 g/mol. The number of hydrogen-bond acceptors (Lipinski definition) is 2. The fourth-order valence-electron chi connectivity index (χ4n) is 0.598. The number of allylic oxidation sites excluding steroid dienone is 2. The van der Waals surface area contributed by atoms with Crippen molar-refractivity contribution in [2.75, 3.05) is 6.61 Å². The van der Waals surface area contributed by atoms with E-state index in [1.54, 1.807) is 6.92 Å². The van der Waals surface area contributed by atoms with Crippen LogP contribution in [0.25, 0.3) is 0 Å². The van der Waals surface area contributed by atoms with Crippen LogP contribution in [0, 0.1) is 0 Å². The second kappa shape index (κ2) is 5.03. The van der Waals surface area contributed by atoms with Gasteiger partial charge in [0.15, 0.2) is 5.78 Å². The highest BCUT2D eigenvalue weighted by Gasteiger charge is 1.93. The molecule has 0 rings (SSSR count). The molecule has 0 unspecified atom stereocenters. The molecule has 2 heteroatoms. The molecule has 0 aromatic heterocycles. The van der Waals surface area contributed by atoms with E-state index in [9.17, 15) is 4.79 Å². The summed E-state index contributed by atoms with van der Waals surface area (Å²) >= 11 is 0. The lowest BCUT2D eigenvalue weighted by Gasteiger charge is -1.99. The van der Waals surface area contributed by atoms with Crippen molar-refractivity contribution in [2.24, 2.45) is 0 Å². The van der Waals surface area contributed by atoms with Gasteiger partial charge in [-0.3, -0.25) is 4.79 Å². The third-order valence-corrected chi connectivity index (χ3v) is 1.08. The van der Waals surface area contributed by atoms with Crippen LogP contribution in [0.2, 0.25) is 0 Å². The molecule has 0 saturated heterocycles. The fraction of sp³-hybridized carbons (Fsp3) is 0.625. The molecule has 0 N–H and O–H groups in total. The second-order valence-corrected chi connectivity index (χ2v) is 2.01. The molecule has 2 nitrogen and oxygen atoms in total. The van der Waals surface area contributed by atoms with Gasteiger partial charge in [0.2, 0.25) is 0 Å². The maximum absolute atomic E-state index is 10.7. The number of ketones is 1. The average molecular weight is 142 g/mol. The molecule has 0 aliphatic rings. The Morgan fingerprint density at radius 1 is 1.50 bits per heavy atom. The first-order chi connectivity index (χ1) is 4.70. The topological polar surface area (TPSA) is 26.3 Å². The molecule has 0 bridgehead atoms. The summed E-state index contributed by atoms with van der Waals surface area (Å²) in [5, 5.41) is 0. The van der Waals surface area contributed by atoms with Crippen LogP contribution < -0.4 is 0 Å². The number of ether oxygens (including phenoxy) is 1. The van der Waals surface area contributed by atoms with Crippen molar-refractivity contribution in [2.45, 2.75) is 27.2 Å². The van der Waals surface area contributed by atoms with Gasteiger partial charge in [-0.1, -0.05) is 6.92 Å². The number of rotatable bonds is 4. The van der Waals surface area contributed by atoms with Crippen LogP contribution in [0.5, 0.6) is 0 Å². The minimum atomic E-state index is 0.117. The van der Waals surface area contributed by atoms with Crippen LogP contribution in [-0.2, 0) is 9.53 Å². The Balaban J connectivity index is 3.77. The summed E-state index contributed by atoms with van der Waals surface area (Å²) in [6, 6.07) is 0. The Bertz CT molecular complexity index is 136. The summed E-state index contributed by atoms with van der Waals surface area (Å²) in [5.41, 5.74) is 0. The Morgan fingerprint density at radius 2 is 2.10 bits per heavy atom. The molecule has 0 radical (unpaired) electrons. The molecule has 0 saturated carbocycles. The van der Waals surface area contributed by atoms with Gasteiger partial charge in [0.1, 0.15) is 0 Å². The Hall–Kier alpha value is -0.790. The Morgan fingerprint density at radius 3 is 2.50 bits per heavy atom. The maximum atomic E-state index is 10.7. The van der Waals surface area contributed by atoms with E-state index in [2.05, 4.69) is 0 Å². The fourth-order valence-corrected chi connectivity index (χ4v) is 0.598. The van der Waals surface area contributed by atoms with E-state index < -0.39 is 0 Å². The van der Waals surface area contributed by atoms with Gasteiger partial charge in [-0.05, 0) is 13.8 Å². The number of carbonyl (C=O) groups is 1. The molecule has 0 atom stereocenters. The number of hydrogen-bond donors (Lipinski definition) is 0. The first kappa shape index (κ1) is 9.21. The molecule has 0 fully saturated rings. The molecule has 0 aliphatic carbocycles. The van der Waals surface area contributed by atoms with Gasteiger partial charge in [0, 0.05) is 12.5 Å². The van der Waals surface area contributed by atoms with Crippen LogP contribution >= 0.6 is 0 Å². The van der Waals surface area contributed by atoms with E-state index in [1.165, 1.54) is 6.08 Å². The first-order valence-corrected chi connectivity index (χ1v) is 3.54. The predicted molar refractivity (Wildman–Crippen MR) is 40.7 cm³/mol. The third-order valence-electron chi connectivity index (χ3n) is 1.08. The highest BCUT2D eigenvalue weighted by Crippen LogP contribution is 1.96. The van der Waals surface area contributed by atoms with Crippen molar-refractivity contribution in [3.8, 4) is 0 Å². The van der Waals surface area contributed by atoms with E-state index in [1.807, 2.05) is 13.8 Å². The van der Waals surface area contributed by atoms with Crippen molar-refractivity contribution in [3.63, 3.8) is 0 Å². The zero-order valence-corrected chi connectivity index (χ0v) is 6.81. The van der Waals surface area contributed by atoms with Gasteiger partial charge in [0.05, 0.1) is 12.4 Å². The van der Waals surface area contributed by atoms with Crippen LogP contribution in [0.15, 0.2) is 11.8 Å². The van der Waals surface area contributed by atoms with Crippen LogP contribution in [0.4, 0.5) is 0 Å². The van der Waals surface area contributed by atoms with E-state index in [0.29, 0.717) is 18.8 Å². The average Bonchev–Trinajstić information content (AvgIpc) is 1.88. The van der Waals surface area contributed by atoms with Gasteiger partial charge in [-0.2, -0.15) is 0 Å². The number of carbonyl (C=O) groups excluding carboxylic acids is 1. The molecular weight excluding hydrogens is 128 g/mol. The summed E-state index contributed by atoms with van der Waals surface area (Å²) in [6.45, 7) is 6.14. The van der Waals surface area contributed by atoms with Crippen molar-refractivity contribution >= 4 is 5.78 Å². The molecule has 0 aliphatic heterocycles. The Kier molecular flexibility index (Phi) is 4.63. The molecule has 0 amide bonds. The summed E-state index contributed by atoms with van der Waals surface area (Å²) < 4.78 is 5.05. The summed E-state index contributed by atoms with van der Waals surface area (Å²) in [5.74, 6) is 0.820. The maximum Gasteiger partial charge on any atom is 0.158 e. The molecule has 10 heavy (non-hydrogen) atoms. The summed E-state index contributed by atoms with van der Waals surface area (Å²) in [7, 11) is 0. The largest absolute Gasteiger partial charge is 0.498 e. The lowest BCUT2D eigenvalue weighted by atomic mass is 10.3. The molecule has 0 aromatic carbocycles. The lowest BCUT2D eigenvalue weighted by Crippen LogP contribution is -1.93. The zero-order valence-electron chi connectivity index (χ0n) is 6.81. The van der Waals surface area contributed by atoms with E-state index >= 15 is 0 Å². The Labute approximate surface area is 61.9 Å². The van der Waals surface area contributed by atoms with Crippen molar-refractivity contribution in [1.82, 2.24) is 0 Å². The van der Waals surface area contributed by atoms with Crippen LogP contribution in [-0.4, -0.2) is 12.4 Å². The minimum Gasteiger partial charge on any atom is -0.498 e. The quantitative estimate of drug-likeness (QED) is 0.442. The van der Waals surface area contributed by atoms with Crippen molar-refractivity contribution in [1.29, 1.82) is 0 Å². The van der Waals surface area contributed by atoms with E-state index in [-0.39, 0.29) is 5.78 Å². The van der Waals surface area contributed by atoms with Gasteiger partial charge < -0.3 is 4.74 Å². The van der Waals surface area contributed by atoms with Crippen LogP contribution in [0.1, 0.15) is 27.2 Å². The first-order valence-electron chi connectivity index (χ1n) is 3.54. The van der Waals surface area contributed by atoms with Gasteiger partial charge >= 0.3 is 0 Å². The second-order valence-electron chi connectivity index (χ2n) is 2.01. The van der Waals surface area contributed by atoms with Crippen molar-refractivity contribution < 1.29 is 9.53 Å².